The molecule has 27 heavy (non-hydrogen) atoms. The number of hydrogen-bond acceptors (Lipinski definition) is 2. The summed E-state index contributed by atoms with van der Waals surface area (Å²) in [5.74, 6) is 0.748. The van der Waals surface area contributed by atoms with Gasteiger partial charge in [-0.2, -0.15) is 0 Å². The fraction of sp³-hybridized carbons (Fsp3) is 0. The molecule has 0 aliphatic rings. The molecule has 0 atom stereocenters. The second-order valence-corrected chi connectivity index (χ2v) is 7.40. The number of benzene rings is 4. The number of rotatable bonds is 2. The summed E-state index contributed by atoms with van der Waals surface area (Å²) in [6.07, 6.45) is 0. The topological polar surface area (TPSA) is 25.8 Å². The molecule has 0 amide bonds. The third-order valence-electron chi connectivity index (χ3n) is 4.71. The monoisotopic (exact) mass is 410 g/mol. The minimum Gasteiger partial charge on any atom is -0.228 e. The first-order valence-electron chi connectivity index (χ1n) is 8.80. The molecule has 128 valence electrons. The van der Waals surface area contributed by atoms with Gasteiger partial charge in [-0.15, -0.1) is 0 Å². The van der Waals surface area contributed by atoms with Crippen molar-refractivity contribution in [3.05, 3.63) is 95.5 Å². The van der Waals surface area contributed by atoms with E-state index in [0.29, 0.717) is 0 Å². The Balaban J connectivity index is 1.75. The number of aromatic nitrogens is 2. The molecular weight excluding hydrogens is 396 g/mol. The summed E-state index contributed by atoms with van der Waals surface area (Å²) in [7, 11) is 0. The lowest BCUT2D eigenvalue weighted by molar-refractivity contribution is 1.23. The van der Waals surface area contributed by atoms with E-state index >= 15 is 0 Å². The number of hydrogen-bond donors (Lipinski definition) is 0. The summed E-state index contributed by atoms with van der Waals surface area (Å²) in [5.41, 5.74) is 4.04. The van der Waals surface area contributed by atoms with Crippen LogP contribution in [0.25, 0.3) is 44.3 Å². The first-order chi connectivity index (χ1) is 13.3. The van der Waals surface area contributed by atoms with Crippen molar-refractivity contribution in [1.29, 1.82) is 0 Å². The van der Waals surface area contributed by atoms with Crippen molar-refractivity contribution in [1.82, 2.24) is 9.97 Å². The zero-order valence-corrected chi connectivity index (χ0v) is 16.0. The summed E-state index contributed by atoms with van der Waals surface area (Å²) in [6.45, 7) is 0. The third kappa shape index (κ3) is 3.00. The van der Waals surface area contributed by atoms with Crippen molar-refractivity contribution in [2.24, 2.45) is 0 Å². The average Bonchev–Trinajstić information content (AvgIpc) is 2.73. The van der Waals surface area contributed by atoms with Gasteiger partial charge in [0.2, 0.25) is 0 Å². The van der Waals surface area contributed by atoms with Crippen LogP contribution in [-0.2, 0) is 0 Å². The molecule has 1 aromatic heterocycles. The maximum Gasteiger partial charge on any atom is 0.160 e. The van der Waals surface area contributed by atoms with Gasteiger partial charge in [0.15, 0.2) is 5.82 Å². The highest BCUT2D eigenvalue weighted by molar-refractivity contribution is 9.10. The summed E-state index contributed by atoms with van der Waals surface area (Å²) >= 11 is 3.53. The van der Waals surface area contributed by atoms with Gasteiger partial charge >= 0.3 is 0 Å². The van der Waals surface area contributed by atoms with E-state index in [1.807, 2.05) is 36.4 Å². The van der Waals surface area contributed by atoms with Crippen LogP contribution in [0.4, 0.5) is 0 Å². The van der Waals surface area contributed by atoms with Gasteiger partial charge in [0.25, 0.3) is 0 Å². The molecule has 5 rings (SSSR count). The lowest BCUT2D eigenvalue weighted by Gasteiger charge is -2.10. The van der Waals surface area contributed by atoms with Gasteiger partial charge in [-0.05, 0) is 35.0 Å². The quantitative estimate of drug-likeness (QED) is 0.316. The Morgan fingerprint density at radius 1 is 0.593 bits per heavy atom. The molecule has 0 unspecified atom stereocenters. The summed E-state index contributed by atoms with van der Waals surface area (Å²) in [4.78, 5) is 9.78. The number of fused-ring (bicyclic) bond motifs is 2. The molecule has 0 N–H and O–H groups in total. The van der Waals surface area contributed by atoms with Crippen LogP contribution in [0.15, 0.2) is 95.5 Å². The highest BCUT2D eigenvalue weighted by atomic mass is 79.9. The number of halogens is 1. The zero-order valence-electron chi connectivity index (χ0n) is 14.4. The molecule has 5 aromatic rings. The number of nitrogens with zero attached hydrogens (tertiary/aromatic N) is 2. The maximum atomic E-state index is 4.95. The van der Waals surface area contributed by atoms with E-state index in [1.54, 1.807) is 0 Å². The van der Waals surface area contributed by atoms with Gasteiger partial charge in [0.05, 0.1) is 11.2 Å². The predicted molar refractivity (Wildman–Crippen MR) is 116 cm³/mol. The van der Waals surface area contributed by atoms with Crippen LogP contribution in [-0.4, -0.2) is 9.97 Å². The van der Waals surface area contributed by atoms with Gasteiger partial charge in [-0.25, -0.2) is 9.97 Å². The second kappa shape index (κ2) is 6.60. The Kier molecular flexibility index (Phi) is 3.95. The van der Waals surface area contributed by atoms with Gasteiger partial charge in [0.1, 0.15) is 0 Å². The van der Waals surface area contributed by atoms with Gasteiger partial charge < -0.3 is 0 Å². The molecule has 0 spiro atoms. The van der Waals surface area contributed by atoms with Gasteiger partial charge in [-0.1, -0.05) is 82.7 Å². The first kappa shape index (κ1) is 16.2. The SMILES string of the molecule is Brc1ccc2cc(-c3nc(-c4ccccc4)c4ccccc4n3)ccc2c1. The van der Waals surface area contributed by atoms with Gasteiger partial charge in [-0.3, -0.25) is 0 Å². The molecule has 0 radical (unpaired) electrons. The van der Waals surface area contributed by atoms with Crippen molar-refractivity contribution in [3.63, 3.8) is 0 Å². The Hall–Kier alpha value is -3.04. The lowest BCUT2D eigenvalue weighted by atomic mass is 10.0. The van der Waals surface area contributed by atoms with E-state index in [-0.39, 0.29) is 0 Å². The maximum absolute atomic E-state index is 4.95. The molecule has 0 aliphatic heterocycles. The molecule has 0 saturated carbocycles. The fourth-order valence-electron chi connectivity index (χ4n) is 3.38. The molecule has 0 aliphatic carbocycles. The van der Waals surface area contributed by atoms with E-state index in [4.69, 9.17) is 9.97 Å². The second-order valence-electron chi connectivity index (χ2n) is 6.49. The minimum absolute atomic E-state index is 0.748. The highest BCUT2D eigenvalue weighted by Crippen LogP contribution is 2.30. The highest BCUT2D eigenvalue weighted by Gasteiger charge is 2.11. The van der Waals surface area contributed by atoms with Crippen LogP contribution in [0.1, 0.15) is 0 Å². The molecule has 4 aromatic carbocycles. The third-order valence-corrected chi connectivity index (χ3v) is 5.20. The van der Waals surface area contributed by atoms with E-state index < -0.39 is 0 Å². The smallest absolute Gasteiger partial charge is 0.160 e. The minimum atomic E-state index is 0.748. The summed E-state index contributed by atoms with van der Waals surface area (Å²) < 4.78 is 1.08. The Bertz CT molecular complexity index is 1280. The molecule has 1 heterocycles. The van der Waals surface area contributed by atoms with E-state index in [1.165, 1.54) is 10.8 Å². The average molecular weight is 411 g/mol. The van der Waals surface area contributed by atoms with E-state index in [9.17, 15) is 0 Å². The zero-order chi connectivity index (χ0) is 18.2. The normalized spacial score (nSPS) is 11.1. The summed E-state index contributed by atoms with van der Waals surface area (Å²) in [5, 5.41) is 3.43. The molecule has 0 saturated heterocycles. The molecule has 0 fully saturated rings. The summed E-state index contributed by atoms with van der Waals surface area (Å²) in [6, 6.07) is 31.1. The van der Waals surface area contributed by atoms with E-state index in [0.717, 1.165) is 38.0 Å². The van der Waals surface area contributed by atoms with Crippen molar-refractivity contribution in [3.8, 4) is 22.6 Å². The van der Waals surface area contributed by atoms with Crippen molar-refractivity contribution in [2.75, 3.05) is 0 Å². The predicted octanol–water partition coefficient (Wildman–Crippen LogP) is 6.88. The van der Waals surface area contributed by atoms with Crippen molar-refractivity contribution >= 4 is 37.6 Å². The van der Waals surface area contributed by atoms with Crippen molar-refractivity contribution in [2.45, 2.75) is 0 Å². The molecule has 0 bridgehead atoms. The van der Waals surface area contributed by atoms with Crippen molar-refractivity contribution < 1.29 is 0 Å². The fourth-order valence-corrected chi connectivity index (χ4v) is 3.76. The van der Waals surface area contributed by atoms with Crippen LogP contribution in [0.3, 0.4) is 0 Å². The largest absolute Gasteiger partial charge is 0.228 e. The molecule has 2 nitrogen and oxygen atoms in total. The molecule has 3 heteroatoms. The Labute approximate surface area is 165 Å². The standard InChI is InChI=1S/C24H15BrN2/c25-20-13-12-17-14-19(11-10-18(17)15-20)24-26-22-9-5-4-8-21(22)23(27-24)16-6-2-1-3-7-16/h1-15H. The van der Waals surface area contributed by atoms with Crippen LogP contribution >= 0.6 is 15.9 Å². The molecular formula is C24H15BrN2. The van der Waals surface area contributed by atoms with Crippen LogP contribution in [0.5, 0.6) is 0 Å². The van der Waals surface area contributed by atoms with Gasteiger partial charge in [0, 0.05) is 21.0 Å². The van der Waals surface area contributed by atoms with E-state index in [2.05, 4.69) is 70.5 Å². The number of para-hydroxylation sites is 1. The van der Waals surface area contributed by atoms with Crippen LogP contribution in [0, 0.1) is 0 Å². The first-order valence-corrected chi connectivity index (χ1v) is 9.59. The Morgan fingerprint density at radius 3 is 2.22 bits per heavy atom. The Morgan fingerprint density at radius 2 is 1.33 bits per heavy atom. The lowest BCUT2D eigenvalue weighted by Crippen LogP contribution is -1.95. The van der Waals surface area contributed by atoms with Crippen LogP contribution < -0.4 is 0 Å². The van der Waals surface area contributed by atoms with Crippen LogP contribution in [0.2, 0.25) is 0 Å².